The molecule has 0 aliphatic heterocycles. The first-order chi connectivity index (χ1) is 21.1. The number of carbonyl (C=O) groups is 2. The second-order valence-corrected chi connectivity index (χ2v) is 10.9. The summed E-state index contributed by atoms with van der Waals surface area (Å²) in [7, 11) is 1.36. The molecule has 0 fully saturated rings. The quantitative estimate of drug-likeness (QED) is 0.0830. The van der Waals surface area contributed by atoms with Gasteiger partial charge in [-0.1, -0.05) is 91.0 Å². The van der Waals surface area contributed by atoms with Crippen molar-refractivity contribution in [1.82, 2.24) is 5.32 Å². The number of carbonyl (C=O) groups excluding carboxylic acids is 2. The molecule has 5 aromatic rings. The van der Waals surface area contributed by atoms with Crippen LogP contribution in [-0.4, -0.2) is 38.1 Å². The van der Waals surface area contributed by atoms with E-state index in [4.69, 9.17) is 9.47 Å². The van der Waals surface area contributed by atoms with Crippen LogP contribution in [0.15, 0.2) is 127 Å². The third-order valence-corrected chi connectivity index (χ3v) is 8.00. The van der Waals surface area contributed by atoms with Gasteiger partial charge in [-0.05, 0) is 46.8 Å². The molecule has 0 bridgehead atoms. The minimum Gasteiger partial charge on any atom is -0.492 e. The van der Waals surface area contributed by atoms with Gasteiger partial charge in [-0.15, -0.1) is 11.3 Å². The normalized spacial score (nSPS) is 12.2. The van der Waals surface area contributed by atoms with E-state index in [1.54, 1.807) is 35.6 Å². The van der Waals surface area contributed by atoms with E-state index in [-0.39, 0.29) is 11.8 Å². The van der Waals surface area contributed by atoms with Crippen molar-refractivity contribution in [3.63, 3.8) is 0 Å². The van der Waals surface area contributed by atoms with E-state index >= 15 is 0 Å². The fourth-order valence-electron chi connectivity index (χ4n) is 4.89. The summed E-state index contributed by atoms with van der Waals surface area (Å²) in [6.07, 6.45) is 0.377. The Labute approximate surface area is 256 Å². The number of hydrogen-bond donors (Lipinski definition) is 2. The first kappa shape index (κ1) is 29.8. The molecule has 0 aliphatic rings. The molecule has 4 aromatic carbocycles. The number of ketones is 1. The summed E-state index contributed by atoms with van der Waals surface area (Å²) < 4.78 is 11.1. The van der Waals surface area contributed by atoms with Crippen molar-refractivity contribution in [3.8, 4) is 5.75 Å². The van der Waals surface area contributed by atoms with Crippen LogP contribution in [0.3, 0.4) is 0 Å². The maximum atomic E-state index is 13.2. The maximum absolute atomic E-state index is 13.2. The molecule has 1 aromatic heterocycles. The monoisotopic (exact) mass is 590 g/mol. The molecule has 0 radical (unpaired) electrons. The number of para-hydroxylation sites is 1. The van der Waals surface area contributed by atoms with Gasteiger partial charge in [-0.2, -0.15) is 0 Å². The SMILES string of the molecule is COC(=O)C(Cc1ccc(OCCN[C@@H](c2ccccc2)c2cccs2)cc1)Nc1ccccc1C(=O)c1ccccc1. The number of rotatable bonds is 14. The lowest BCUT2D eigenvalue weighted by atomic mass is 10.00. The van der Waals surface area contributed by atoms with Gasteiger partial charge in [0.25, 0.3) is 0 Å². The fraction of sp³-hybridized carbons (Fsp3) is 0.167. The Morgan fingerprint density at radius 2 is 1.49 bits per heavy atom. The van der Waals surface area contributed by atoms with E-state index in [2.05, 4.69) is 52.4 Å². The summed E-state index contributed by atoms with van der Waals surface area (Å²) in [4.78, 5) is 27.2. The Bertz CT molecular complexity index is 1590. The summed E-state index contributed by atoms with van der Waals surface area (Å²) >= 11 is 1.73. The van der Waals surface area contributed by atoms with E-state index < -0.39 is 12.0 Å². The number of anilines is 1. The molecule has 0 aliphatic carbocycles. The summed E-state index contributed by atoms with van der Waals surface area (Å²) in [6.45, 7) is 1.18. The van der Waals surface area contributed by atoms with Crippen LogP contribution in [0.1, 0.15) is 38.0 Å². The summed E-state index contributed by atoms with van der Waals surface area (Å²) in [6, 6.07) is 38.0. The molecule has 6 nitrogen and oxygen atoms in total. The second-order valence-electron chi connectivity index (χ2n) is 9.97. The number of nitrogens with one attached hydrogen (secondary N) is 2. The lowest BCUT2D eigenvalue weighted by Gasteiger charge is -2.20. The fourth-order valence-corrected chi connectivity index (χ4v) is 5.72. The minimum absolute atomic E-state index is 0.114. The molecule has 1 heterocycles. The average Bonchev–Trinajstić information content (AvgIpc) is 3.60. The second kappa shape index (κ2) is 15.0. The number of methoxy groups -OCH3 is 1. The van der Waals surface area contributed by atoms with Crippen LogP contribution in [0, 0.1) is 0 Å². The highest BCUT2D eigenvalue weighted by Gasteiger charge is 2.23. The number of ether oxygens (including phenoxy) is 2. The number of thiophene rings is 1. The zero-order valence-electron chi connectivity index (χ0n) is 23.9. The van der Waals surface area contributed by atoms with Gasteiger partial charge in [-0.25, -0.2) is 4.79 Å². The Morgan fingerprint density at radius 3 is 2.19 bits per heavy atom. The Kier molecular flexibility index (Phi) is 10.4. The lowest BCUT2D eigenvalue weighted by molar-refractivity contribution is -0.141. The zero-order chi connectivity index (χ0) is 29.9. The predicted octanol–water partition coefficient (Wildman–Crippen LogP) is 6.93. The lowest BCUT2D eigenvalue weighted by Crippen LogP contribution is -2.33. The van der Waals surface area contributed by atoms with Crippen molar-refractivity contribution in [3.05, 3.63) is 154 Å². The summed E-state index contributed by atoms with van der Waals surface area (Å²) in [5, 5.41) is 8.96. The van der Waals surface area contributed by atoms with E-state index in [0.717, 1.165) is 11.3 Å². The molecule has 43 heavy (non-hydrogen) atoms. The molecule has 0 amide bonds. The average molecular weight is 591 g/mol. The predicted molar refractivity (Wildman–Crippen MR) is 172 cm³/mol. The van der Waals surface area contributed by atoms with Crippen LogP contribution < -0.4 is 15.4 Å². The number of benzene rings is 4. The standard InChI is InChI=1S/C36H34N2O4S/c1-41-36(40)32(38-31-16-9-8-15-30(31)35(39)28-13-6-3-7-14-28)25-26-18-20-29(21-19-26)42-23-22-37-34(33-17-10-24-43-33)27-11-4-2-5-12-27/h2-21,24,32,34,37-38H,22-23,25H2,1H3/t32?,34-/m0/s1. The van der Waals surface area contributed by atoms with Gasteiger partial charge in [0.05, 0.1) is 13.2 Å². The highest BCUT2D eigenvalue weighted by Crippen LogP contribution is 2.26. The Morgan fingerprint density at radius 1 is 0.791 bits per heavy atom. The third-order valence-electron chi connectivity index (χ3n) is 7.07. The van der Waals surface area contributed by atoms with E-state index in [0.29, 0.717) is 36.4 Å². The summed E-state index contributed by atoms with van der Waals surface area (Å²) in [5.41, 5.74) is 3.81. The summed E-state index contributed by atoms with van der Waals surface area (Å²) in [5.74, 6) is 0.222. The van der Waals surface area contributed by atoms with Crippen molar-refractivity contribution >= 4 is 28.8 Å². The minimum atomic E-state index is -0.683. The molecular weight excluding hydrogens is 556 g/mol. The first-order valence-electron chi connectivity index (χ1n) is 14.2. The molecule has 7 heteroatoms. The molecule has 2 N–H and O–H groups in total. The van der Waals surface area contributed by atoms with Crippen molar-refractivity contribution in [2.24, 2.45) is 0 Å². The van der Waals surface area contributed by atoms with Crippen molar-refractivity contribution in [2.75, 3.05) is 25.6 Å². The van der Waals surface area contributed by atoms with Gasteiger partial charge in [0.2, 0.25) is 0 Å². The zero-order valence-corrected chi connectivity index (χ0v) is 24.8. The number of esters is 1. The third kappa shape index (κ3) is 7.97. The van der Waals surface area contributed by atoms with Crippen LogP contribution in [0.4, 0.5) is 5.69 Å². The molecule has 5 rings (SSSR count). The van der Waals surface area contributed by atoms with Crippen LogP contribution in [0.2, 0.25) is 0 Å². The van der Waals surface area contributed by atoms with E-state index in [1.165, 1.54) is 17.6 Å². The van der Waals surface area contributed by atoms with E-state index in [1.807, 2.05) is 60.7 Å². The Balaban J connectivity index is 1.19. The van der Waals surface area contributed by atoms with Crippen LogP contribution >= 0.6 is 11.3 Å². The van der Waals surface area contributed by atoms with Crippen LogP contribution in [-0.2, 0) is 16.0 Å². The van der Waals surface area contributed by atoms with Gasteiger partial charge < -0.3 is 20.1 Å². The molecule has 2 atom stereocenters. The molecule has 0 saturated heterocycles. The van der Waals surface area contributed by atoms with Gasteiger partial charge in [0, 0.05) is 34.7 Å². The van der Waals surface area contributed by atoms with Gasteiger partial charge in [0.15, 0.2) is 5.78 Å². The molecular formula is C36H34N2O4S. The molecule has 218 valence electrons. The highest BCUT2D eigenvalue weighted by atomic mass is 32.1. The van der Waals surface area contributed by atoms with Crippen molar-refractivity contribution < 1.29 is 19.1 Å². The van der Waals surface area contributed by atoms with Crippen LogP contribution in [0.5, 0.6) is 5.75 Å². The smallest absolute Gasteiger partial charge is 0.328 e. The number of hydrogen-bond acceptors (Lipinski definition) is 7. The Hall–Kier alpha value is -4.72. The van der Waals surface area contributed by atoms with Crippen molar-refractivity contribution in [2.45, 2.75) is 18.5 Å². The van der Waals surface area contributed by atoms with Gasteiger partial charge in [-0.3, -0.25) is 4.79 Å². The van der Waals surface area contributed by atoms with E-state index in [9.17, 15) is 9.59 Å². The maximum Gasteiger partial charge on any atom is 0.328 e. The first-order valence-corrected chi connectivity index (χ1v) is 15.1. The molecule has 1 unspecified atom stereocenters. The van der Waals surface area contributed by atoms with Gasteiger partial charge in [0.1, 0.15) is 18.4 Å². The topological polar surface area (TPSA) is 76.7 Å². The highest BCUT2D eigenvalue weighted by molar-refractivity contribution is 7.10. The van der Waals surface area contributed by atoms with Crippen LogP contribution in [0.25, 0.3) is 0 Å². The largest absolute Gasteiger partial charge is 0.492 e. The van der Waals surface area contributed by atoms with Crippen molar-refractivity contribution in [1.29, 1.82) is 0 Å². The van der Waals surface area contributed by atoms with Gasteiger partial charge >= 0.3 is 5.97 Å². The molecule has 0 saturated carbocycles. The molecule has 0 spiro atoms.